The molecule has 84 heavy (non-hydrogen) atoms. The van der Waals surface area contributed by atoms with E-state index in [-0.39, 0.29) is 66.6 Å². The molecular formula is C58H58F12N14. The number of benzene rings is 4. The zero-order chi connectivity index (χ0) is 59.5. The first-order chi connectivity index (χ1) is 39.8. The number of nitrogens with zero attached hydrogens (tertiary/aromatic N) is 14. The monoisotopic (exact) mass is 1180 g/mol. The first kappa shape index (κ1) is 58.0. The molecule has 26 heteroatoms. The third-order valence-corrected chi connectivity index (χ3v) is 15.7. The molecular weight excluding hydrogens is 1120 g/mol. The topological polar surface area (TPSA) is 126 Å². The maximum atomic E-state index is 14.3. The molecule has 0 saturated heterocycles. The van der Waals surface area contributed by atoms with Gasteiger partial charge in [-0.3, -0.25) is 0 Å². The number of anilines is 4. The highest BCUT2D eigenvalue weighted by Crippen LogP contribution is 2.42. The summed E-state index contributed by atoms with van der Waals surface area (Å²) in [6.07, 6.45) is -14.6. The van der Waals surface area contributed by atoms with E-state index in [9.17, 15) is 52.7 Å². The predicted octanol–water partition coefficient (Wildman–Crippen LogP) is 13.3. The molecule has 0 unspecified atom stereocenters. The van der Waals surface area contributed by atoms with Crippen LogP contribution in [0, 0.1) is 30.6 Å². The summed E-state index contributed by atoms with van der Waals surface area (Å²) in [5, 5.41) is 27.3. The van der Waals surface area contributed by atoms with Gasteiger partial charge in [0.05, 0.1) is 46.9 Å². The number of aromatic nitrogens is 10. The fraction of sp³-hybridized carbons (Fsp3) is 0.448. The van der Waals surface area contributed by atoms with Crippen molar-refractivity contribution in [1.29, 1.82) is 0 Å². The van der Waals surface area contributed by atoms with Crippen LogP contribution in [0.2, 0.25) is 0 Å². The first-order valence-electron chi connectivity index (χ1n) is 27.7. The summed E-state index contributed by atoms with van der Waals surface area (Å²) in [5.74, 6) is 2.24. The number of aryl methyl sites for hydroxylation is 2. The van der Waals surface area contributed by atoms with Gasteiger partial charge in [-0.2, -0.15) is 62.3 Å². The van der Waals surface area contributed by atoms with Gasteiger partial charge >= 0.3 is 24.7 Å². The lowest BCUT2D eigenvalue weighted by atomic mass is 9.74. The zero-order valence-corrected chi connectivity index (χ0v) is 45.9. The van der Waals surface area contributed by atoms with Crippen molar-refractivity contribution in [1.82, 2.24) is 50.4 Å². The molecule has 4 aromatic carbocycles. The molecule has 0 amide bonds. The summed E-state index contributed by atoms with van der Waals surface area (Å²) in [4.78, 5) is 20.2. The molecule has 0 atom stereocenters. The Balaban J connectivity index is 0.855. The second-order valence-corrected chi connectivity index (χ2v) is 22.6. The smallest absolute Gasteiger partial charge is 0.356 e. The van der Waals surface area contributed by atoms with Crippen molar-refractivity contribution >= 4 is 45.3 Å². The van der Waals surface area contributed by atoms with Crippen LogP contribution in [-0.2, 0) is 64.5 Å². The number of hydrogen-bond donors (Lipinski definition) is 0. The molecule has 3 fully saturated rings. The Morgan fingerprint density at radius 3 is 1.50 bits per heavy atom. The number of para-hydroxylation sites is 2. The summed E-state index contributed by atoms with van der Waals surface area (Å²) < 4.78 is 170. The van der Waals surface area contributed by atoms with E-state index < -0.39 is 60.0 Å². The van der Waals surface area contributed by atoms with Gasteiger partial charge in [-0.25, -0.2) is 9.97 Å². The van der Waals surface area contributed by atoms with Gasteiger partial charge in [0.1, 0.15) is 11.6 Å². The van der Waals surface area contributed by atoms with Crippen molar-refractivity contribution in [3.8, 4) is 0 Å². The van der Waals surface area contributed by atoms with Gasteiger partial charge in [0, 0.05) is 74.3 Å². The number of hydrogen-bond acceptors (Lipinski definition) is 12. The molecule has 4 heterocycles. The minimum atomic E-state index is -5.07. The molecule has 8 aromatic rings. The van der Waals surface area contributed by atoms with Crippen LogP contribution in [0.15, 0.2) is 91.0 Å². The van der Waals surface area contributed by atoms with Crippen molar-refractivity contribution in [3.05, 3.63) is 141 Å². The summed E-state index contributed by atoms with van der Waals surface area (Å²) in [5.41, 5.74) is -2.68. The number of fused-ring (bicyclic) bond motifs is 2. The Morgan fingerprint density at radius 1 is 0.500 bits per heavy atom. The van der Waals surface area contributed by atoms with E-state index in [4.69, 9.17) is 15.1 Å². The molecule has 14 nitrogen and oxygen atoms in total. The Labute approximate surface area is 474 Å². The van der Waals surface area contributed by atoms with Gasteiger partial charge in [-0.15, -0.1) is 10.2 Å². The van der Waals surface area contributed by atoms with E-state index in [1.807, 2.05) is 68.4 Å². The molecule has 3 aliphatic carbocycles. The Kier molecular flexibility index (Phi) is 15.6. The van der Waals surface area contributed by atoms with Crippen LogP contribution >= 0.6 is 0 Å². The molecule has 4 aromatic heterocycles. The van der Waals surface area contributed by atoms with Gasteiger partial charge in [0.2, 0.25) is 0 Å². The molecule has 0 spiro atoms. The summed E-state index contributed by atoms with van der Waals surface area (Å²) in [7, 11) is 1.48. The highest BCUT2D eigenvalue weighted by Gasteiger charge is 2.40. The minimum absolute atomic E-state index is 0.00490. The van der Waals surface area contributed by atoms with E-state index in [0.717, 1.165) is 65.4 Å². The quantitative estimate of drug-likeness (QED) is 0.0636. The molecule has 0 radical (unpaired) electrons. The third-order valence-electron chi connectivity index (χ3n) is 15.7. The summed E-state index contributed by atoms with van der Waals surface area (Å²) in [6.45, 7) is 5.65. The SMILES string of the molecule is CCN(CC1CC(Cn2nnc(N(Cc3cc(C(F)(F)F)cc(C(F)(F)F)c3)Cc3cc4cccc(C)c4nc3N(CC3CC3)CC3CC3)n2)C1)c1nc2ccccc2cc1CN(Cc1cc(C(F)(F)F)cc(C(F)(F)F)c1)c1nnn(C)n1. The summed E-state index contributed by atoms with van der Waals surface area (Å²) in [6, 6.07) is 19.9. The van der Waals surface area contributed by atoms with E-state index in [2.05, 4.69) is 35.5 Å². The van der Waals surface area contributed by atoms with Crippen molar-refractivity contribution in [2.24, 2.45) is 30.7 Å². The number of tetrazole rings is 2. The van der Waals surface area contributed by atoms with Crippen LogP contribution in [0.5, 0.6) is 0 Å². The van der Waals surface area contributed by atoms with Crippen LogP contribution in [0.4, 0.5) is 76.2 Å². The fourth-order valence-electron chi connectivity index (χ4n) is 11.2. The highest BCUT2D eigenvalue weighted by molar-refractivity contribution is 5.85. The van der Waals surface area contributed by atoms with Gasteiger partial charge < -0.3 is 19.6 Å². The first-order valence-corrected chi connectivity index (χ1v) is 27.7. The largest absolute Gasteiger partial charge is 0.416 e. The zero-order valence-electron chi connectivity index (χ0n) is 45.9. The third kappa shape index (κ3) is 13.6. The average Bonchev–Trinajstić information content (AvgIpc) is 3.00. The standard InChI is InChI=1S/C58H58F12N14/c1-4-80(51-43(22-41-9-5-6-11-49(41)71-51)32-82(53-73-77-79(3)75-53)29-39-18-45(55(59,60)61)24-46(19-39)56(62,63)64)28-37-16-38(17-37)31-84-76-54(74-78-84)83(30-40-20-47(57(65,66)67)25-48(21-40)58(68,69)70)33-44-23-42-10-7-8-34(2)50(42)72-52(44)81(26-35-12-13-35)27-36-14-15-36/h5-11,18-25,35-38H,4,12-17,26-33H2,1-3H3. The molecule has 3 saturated carbocycles. The number of halogens is 12. The molecule has 0 bridgehead atoms. The van der Waals surface area contributed by atoms with Crippen LogP contribution in [0.1, 0.15) is 95.5 Å². The van der Waals surface area contributed by atoms with Crippen molar-refractivity contribution in [2.45, 2.75) is 110 Å². The average molecular weight is 1180 g/mol. The predicted molar refractivity (Wildman–Crippen MR) is 289 cm³/mol. The van der Waals surface area contributed by atoms with E-state index >= 15 is 0 Å². The number of alkyl halides is 12. The lowest BCUT2D eigenvalue weighted by molar-refractivity contribution is -0.144. The molecule has 0 N–H and O–H groups in total. The molecule has 3 aliphatic rings. The maximum absolute atomic E-state index is 14.3. The van der Waals surface area contributed by atoms with E-state index in [1.54, 1.807) is 4.90 Å². The molecule has 444 valence electrons. The number of pyridine rings is 2. The van der Waals surface area contributed by atoms with Crippen LogP contribution in [0.3, 0.4) is 0 Å². The van der Waals surface area contributed by atoms with Crippen molar-refractivity contribution in [3.63, 3.8) is 0 Å². The number of rotatable bonds is 21. The fourth-order valence-corrected chi connectivity index (χ4v) is 11.2. The van der Waals surface area contributed by atoms with Crippen LogP contribution < -0.4 is 19.6 Å². The van der Waals surface area contributed by atoms with Gasteiger partial charge in [0.15, 0.2) is 0 Å². The maximum Gasteiger partial charge on any atom is 0.416 e. The van der Waals surface area contributed by atoms with Gasteiger partial charge in [-0.1, -0.05) is 46.6 Å². The van der Waals surface area contributed by atoms with Crippen molar-refractivity contribution < 1.29 is 52.7 Å². The van der Waals surface area contributed by atoms with Crippen molar-refractivity contribution in [2.75, 3.05) is 45.8 Å². The van der Waals surface area contributed by atoms with Gasteiger partial charge in [0.25, 0.3) is 11.9 Å². The minimum Gasteiger partial charge on any atom is -0.356 e. The second kappa shape index (κ2) is 22.7. The highest BCUT2D eigenvalue weighted by atomic mass is 19.4. The van der Waals surface area contributed by atoms with Crippen LogP contribution in [0.25, 0.3) is 21.8 Å². The molecule has 0 aliphatic heterocycles. The lowest BCUT2D eigenvalue weighted by Crippen LogP contribution is -2.39. The Hall–Kier alpha value is -7.80. The molecule has 11 rings (SSSR count). The Morgan fingerprint density at radius 2 is 0.988 bits per heavy atom. The Bertz CT molecular complexity index is 3580. The van der Waals surface area contributed by atoms with Crippen LogP contribution in [-0.4, -0.2) is 76.6 Å². The summed E-state index contributed by atoms with van der Waals surface area (Å²) >= 11 is 0. The van der Waals surface area contributed by atoms with E-state index in [1.165, 1.54) is 16.7 Å². The second-order valence-electron chi connectivity index (χ2n) is 22.6. The van der Waals surface area contributed by atoms with E-state index in [0.29, 0.717) is 90.3 Å². The lowest BCUT2D eigenvalue weighted by Gasteiger charge is -2.39. The van der Waals surface area contributed by atoms with Gasteiger partial charge in [-0.05, 0) is 158 Å². The normalized spacial score (nSPS) is 16.8.